The molecule has 0 aromatic carbocycles. The molecule has 0 spiro atoms. The molecule has 0 unspecified atom stereocenters. The molecular weight excluding hydrogens is 214 g/mol. The SMILES string of the molecule is CCCn1cc(-c2ccncc2)cc(N)c1=O. The van der Waals surface area contributed by atoms with Crippen molar-refractivity contribution in [1.82, 2.24) is 9.55 Å². The Kier molecular flexibility index (Phi) is 3.23. The second-order valence-electron chi connectivity index (χ2n) is 3.92. The molecule has 2 aromatic rings. The van der Waals surface area contributed by atoms with Crippen LogP contribution in [-0.2, 0) is 6.54 Å². The number of pyridine rings is 2. The predicted octanol–water partition coefficient (Wildman–Crippen LogP) is 1.90. The number of anilines is 1. The van der Waals surface area contributed by atoms with Gasteiger partial charge >= 0.3 is 0 Å². The largest absolute Gasteiger partial charge is 0.394 e. The molecule has 17 heavy (non-hydrogen) atoms. The summed E-state index contributed by atoms with van der Waals surface area (Å²) in [4.78, 5) is 15.7. The molecule has 4 nitrogen and oxygen atoms in total. The van der Waals surface area contributed by atoms with Crippen molar-refractivity contribution >= 4 is 5.69 Å². The minimum atomic E-state index is -0.121. The van der Waals surface area contributed by atoms with Gasteiger partial charge in [0.1, 0.15) is 0 Å². The summed E-state index contributed by atoms with van der Waals surface area (Å²) in [7, 11) is 0. The van der Waals surface area contributed by atoms with E-state index in [2.05, 4.69) is 4.98 Å². The van der Waals surface area contributed by atoms with Gasteiger partial charge in [-0.2, -0.15) is 0 Å². The van der Waals surface area contributed by atoms with Gasteiger partial charge in [-0.3, -0.25) is 9.78 Å². The van der Waals surface area contributed by atoms with Crippen molar-refractivity contribution in [1.29, 1.82) is 0 Å². The monoisotopic (exact) mass is 229 g/mol. The Morgan fingerprint density at radius 3 is 2.65 bits per heavy atom. The van der Waals surface area contributed by atoms with Crippen LogP contribution >= 0.6 is 0 Å². The van der Waals surface area contributed by atoms with Gasteiger partial charge in [0.15, 0.2) is 0 Å². The lowest BCUT2D eigenvalue weighted by molar-refractivity contribution is 0.657. The number of nitrogen functional groups attached to an aromatic ring is 1. The van der Waals surface area contributed by atoms with E-state index in [1.165, 1.54) is 0 Å². The molecule has 0 atom stereocenters. The molecule has 88 valence electrons. The maximum atomic E-state index is 11.8. The van der Waals surface area contributed by atoms with E-state index in [1.54, 1.807) is 23.0 Å². The van der Waals surface area contributed by atoms with Gasteiger partial charge in [0.25, 0.3) is 5.56 Å². The third kappa shape index (κ3) is 2.36. The zero-order chi connectivity index (χ0) is 12.3. The van der Waals surface area contributed by atoms with Gasteiger partial charge in [0.2, 0.25) is 0 Å². The lowest BCUT2D eigenvalue weighted by Crippen LogP contribution is -2.22. The zero-order valence-corrected chi connectivity index (χ0v) is 9.76. The molecule has 2 aromatic heterocycles. The summed E-state index contributed by atoms with van der Waals surface area (Å²) >= 11 is 0. The maximum absolute atomic E-state index is 11.8. The van der Waals surface area contributed by atoms with E-state index >= 15 is 0 Å². The van der Waals surface area contributed by atoms with Gasteiger partial charge in [-0.05, 0) is 30.2 Å². The van der Waals surface area contributed by atoms with Crippen LogP contribution in [0.15, 0.2) is 41.6 Å². The molecule has 2 rings (SSSR count). The first kappa shape index (κ1) is 11.4. The van der Waals surface area contributed by atoms with Crippen molar-refractivity contribution in [2.75, 3.05) is 5.73 Å². The summed E-state index contributed by atoms with van der Waals surface area (Å²) in [6.45, 7) is 2.71. The number of nitrogens with two attached hydrogens (primary N) is 1. The van der Waals surface area contributed by atoms with Crippen molar-refractivity contribution in [3.8, 4) is 11.1 Å². The number of aryl methyl sites for hydroxylation is 1. The summed E-state index contributed by atoms with van der Waals surface area (Å²) in [6.07, 6.45) is 6.19. The molecule has 0 aliphatic rings. The van der Waals surface area contributed by atoms with Crippen molar-refractivity contribution in [3.63, 3.8) is 0 Å². The second-order valence-corrected chi connectivity index (χ2v) is 3.92. The van der Waals surface area contributed by atoms with Gasteiger partial charge < -0.3 is 10.3 Å². The number of hydrogen-bond donors (Lipinski definition) is 1. The fourth-order valence-electron chi connectivity index (χ4n) is 1.77. The highest BCUT2D eigenvalue weighted by molar-refractivity contribution is 5.65. The van der Waals surface area contributed by atoms with Crippen LogP contribution in [0.3, 0.4) is 0 Å². The lowest BCUT2D eigenvalue weighted by atomic mass is 10.1. The predicted molar refractivity (Wildman–Crippen MR) is 68.6 cm³/mol. The van der Waals surface area contributed by atoms with Crippen LogP contribution < -0.4 is 11.3 Å². The Bertz CT molecular complexity index is 561. The normalized spacial score (nSPS) is 10.4. The van der Waals surface area contributed by atoms with Crippen LogP contribution in [0.1, 0.15) is 13.3 Å². The van der Waals surface area contributed by atoms with E-state index in [-0.39, 0.29) is 11.2 Å². The standard InChI is InChI=1S/C13H15N3O/c1-2-7-16-9-11(8-12(14)13(16)17)10-3-5-15-6-4-10/h3-6,8-9H,2,7,14H2,1H3. The Hall–Kier alpha value is -2.10. The maximum Gasteiger partial charge on any atom is 0.273 e. The minimum absolute atomic E-state index is 0.121. The smallest absolute Gasteiger partial charge is 0.273 e. The fraction of sp³-hybridized carbons (Fsp3) is 0.231. The highest BCUT2D eigenvalue weighted by atomic mass is 16.1. The van der Waals surface area contributed by atoms with Crippen LogP contribution in [0.4, 0.5) is 5.69 Å². The molecule has 0 amide bonds. The van der Waals surface area contributed by atoms with Gasteiger partial charge in [-0.25, -0.2) is 0 Å². The summed E-state index contributed by atoms with van der Waals surface area (Å²) in [5, 5.41) is 0. The van der Waals surface area contributed by atoms with Crippen molar-refractivity contribution in [2.24, 2.45) is 0 Å². The summed E-state index contributed by atoms with van der Waals surface area (Å²) in [5.74, 6) is 0. The third-order valence-electron chi connectivity index (χ3n) is 2.59. The first-order valence-electron chi connectivity index (χ1n) is 5.62. The highest BCUT2D eigenvalue weighted by Crippen LogP contribution is 2.18. The molecule has 0 radical (unpaired) electrons. The molecule has 0 bridgehead atoms. The Balaban J connectivity index is 2.53. The van der Waals surface area contributed by atoms with Crippen LogP contribution in [-0.4, -0.2) is 9.55 Å². The number of nitrogens with zero attached hydrogens (tertiary/aromatic N) is 2. The van der Waals surface area contributed by atoms with Gasteiger partial charge in [-0.15, -0.1) is 0 Å². The molecule has 0 saturated heterocycles. The van der Waals surface area contributed by atoms with E-state index in [4.69, 9.17) is 5.73 Å². The van der Waals surface area contributed by atoms with Gasteiger partial charge in [0.05, 0.1) is 5.69 Å². The molecule has 0 saturated carbocycles. The molecule has 2 heterocycles. The third-order valence-corrected chi connectivity index (χ3v) is 2.59. The Labute approximate surface area is 99.7 Å². The molecule has 0 aliphatic heterocycles. The summed E-state index contributed by atoms with van der Waals surface area (Å²) in [5.41, 5.74) is 7.86. The van der Waals surface area contributed by atoms with E-state index in [0.717, 1.165) is 17.5 Å². The summed E-state index contributed by atoms with van der Waals surface area (Å²) < 4.78 is 1.66. The average molecular weight is 229 g/mol. The fourth-order valence-corrected chi connectivity index (χ4v) is 1.77. The lowest BCUT2D eigenvalue weighted by Gasteiger charge is -2.09. The average Bonchev–Trinajstić information content (AvgIpc) is 2.36. The van der Waals surface area contributed by atoms with Crippen LogP contribution in [0.5, 0.6) is 0 Å². The van der Waals surface area contributed by atoms with Crippen molar-refractivity contribution in [3.05, 3.63) is 47.1 Å². The number of aromatic nitrogens is 2. The van der Waals surface area contributed by atoms with E-state index in [9.17, 15) is 4.79 Å². The number of rotatable bonds is 3. The molecule has 2 N–H and O–H groups in total. The Morgan fingerprint density at radius 2 is 2.00 bits per heavy atom. The number of hydrogen-bond acceptors (Lipinski definition) is 3. The topological polar surface area (TPSA) is 60.9 Å². The van der Waals surface area contributed by atoms with Gasteiger partial charge in [-0.1, -0.05) is 6.92 Å². The van der Waals surface area contributed by atoms with Crippen LogP contribution in [0.25, 0.3) is 11.1 Å². The first-order chi connectivity index (χ1) is 8.22. The Morgan fingerprint density at radius 1 is 1.29 bits per heavy atom. The van der Waals surface area contributed by atoms with E-state index < -0.39 is 0 Å². The second kappa shape index (κ2) is 4.82. The van der Waals surface area contributed by atoms with Crippen LogP contribution in [0, 0.1) is 0 Å². The van der Waals surface area contributed by atoms with Crippen molar-refractivity contribution in [2.45, 2.75) is 19.9 Å². The molecule has 0 fully saturated rings. The quantitative estimate of drug-likeness (QED) is 0.874. The first-order valence-corrected chi connectivity index (χ1v) is 5.62. The molecule has 4 heteroatoms. The van der Waals surface area contributed by atoms with E-state index in [0.29, 0.717) is 6.54 Å². The van der Waals surface area contributed by atoms with Crippen molar-refractivity contribution < 1.29 is 0 Å². The van der Waals surface area contributed by atoms with E-state index in [1.807, 2.05) is 25.3 Å². The summed E-state index contributed by atoms with van der Waals surface area (Å²) in [6, 6.07) is 5.51. The zero-order valence-electron chi connectivity index (χ0n) is 9.76. The van der Waals surface area contributed by atoms with Gasteiger partial charge in [0, 0.05) is 30.7 Å². The highest BCUT2D eigenvalue weighted by Gasteiger charge is 2.04. The molecular formula is C13H15N3O. The molecule has 0 aliphatic carbocycles. The minimum Gasteiger partial charge on any atom is -0.394 e. The van der Waals surface area contributed by atoms with Crippen LogP contribution in [0.2, 0.25) is 0 Å².